The van der Waals surface area contributed by atoms with E-state index in [-0.39, 0.29) is 6.42 Å². The van der Waals surface area contributed by atoms with Gasteiger partial charge in [0.15, 0.2) is 0 Å². The molecule has 3 aromatic rings. The van der Waals surface area contributed by atoms with Crippen LogP contribution in [0.15, 0.2) is 48.5 Å². The molecule has 0 atom stereocenters. The predicted octanol–water partition coefficient (Wildman–Crippen LogP) is 4.84. The monoisotopic (exact) mass is 371 g/mol. The molecule has 0 saturated carbocycles. The van der Waals surface area contributed by atoms with Crippen LogP contribution in [-0.2, 0) is 12.8 Å². The Morgan fingerprint density at radius 1 is 1.12 bits per heavy atom. The fraction of sp³-hybridized carbons (Fsp3) is 0.158. The first-order valence-corrected chi connectivity index (χ1v) is 8.39. The molecule has 126 valence electrons. The molecular weight excluding hydrogens is 357 g/mol. The van der Waals surface area contributed by atoms with E-state index in [0.717, 1.165) is 22.7 Å². The fourth-order valence-corrected chi connectivity index (χ4v) is 3.07. The lowest BCUT2D eigenvalue weighted by atomic mass is 10.1. The van der Waals surface area contributed by atoms with E-state index in [2.05, 4.69) is 11.2 Å². The molecule has 6 heteroatoms. The van der Waals surface area contributed by atoms with E-state index in [1.165, 1.54) is 0 Å². The van der Waals surface area contributed by atoms with Crippen molar-refractivity contribution in [1.29, 1.82) is 5.26 Å². The second-order valence-electron chi connectivity index (χ2n) is 5.49. The van der Waals surface area contributed by atoms with Gasteiger partial charge in [-0.25, -0.2) is 4.68 Å². The van der Waals surface area contributed by atoms with E-state index in [1.807, 2.05) is 36.4 Å². The van der Waals surface area contributed by atoms with Crippen LogP contribution in [0.4, 0.5) is 0 Å². The van der Waals surface area contributed by atoms with Gasteiger partial charge in [-0.05, 0) is 42.0 Å². The Labute approximate surface area is 156 Å². The fourth-order valence-electron chi connectivity index (χ4n) is 2.58. The Kier molecular flexibility index (Phi) is 5.28. The van der Waals surface area contributed by atoms with Gasteiger partial charge in [-0.1, -0.05) is 35.3 Å². The SMILES string of the molecule is COc1ccc(Cc2cc(CC#N)nn2-c2ccc(Cl)cc2Cl)cc1. The average Bonchev–Trinajstić information content (AvgIpc) is 2.98. The molecule has 2 aromatic carbocycles. The lowest BCUT2D eigenvalue weighted by Crippen LogP contribution is -2.04. The minimum absolute atomic E-state index is 0.244. The zero-order chi connectivity index (χ0) is 17.8. The minimum Gasteiger partial charge on any atom is -0.497 e. The normalized spacial score (nSPS) is 10.5. The zero-order valence-electron chi connectivity index (χ0n) is 13.5. The Bertz CT molecular complexity index is 927. The number of ether oxygens (including phenoxy) is 1. The van der Waals surface area contributed by atoms with Crippen LogP contribution < -0.4 is 4.74 Å². The summed E-state index contributed by atoms with van der Waals surface area (Å²) in [6.45, 7) is 0. The molecule has 0 bridgehead atoms. The number of hydrogen-bond donors (Lipinski definition) is 0. The Hall–Kier alpha value is -2.48. The van der Waals surface area contributed by atoms with E-state index in [1.54, 1.807) is 23.9 Å². The molecule has 0 unspecified atom stereocenters. The first-order chi connectivity index (χ1) is 12.1. The molecule has 25 heavy (non-hydrogen) atoms. The summed E-state index contributed by atoms with van der Waals surface area (Å²) in [4.78, 5) is 0. The summed E-state index contributed by atoms with van der Waals surface area (Å²) in [6.07, 6.45) is 0.898. The number of nitriles is 1. The second-order valence-corrected chi connectivity index (χ2v) is 6.34. The highest BCUT2D eigenvalue weighted by Gasteiger charge is 2.13. The number of nitrogens with zero attached hydrogens (tertiary/aromatic N) is 3. The average molecular weight is 372 g/mol. The molecule has 0 amide bonds. The van der Waals surface area contributed by atoms with Gasteiger partial charge in [0.1, 0.15) is 5.75 Å². The Balaban J connectivity index is 2.00. The van der Waals surface area contributed by atoms with Crippen molar-refractivity contribution in [2.45, 2.75) is 12.8 Å². The van der Waals surface area contributed by atoms with Gasteiger partial charge in [0.25, 0.3) is 0 Å². The van der Waals surface area contributed by atoms with Crippen molar-refractivity contribution in [3.05, 3.63) is 75.5 Å². The first-order valence-electron chi connectivity index (χ1n) is 7.64. The van der Waals surface area contributed by atoms with Crippen LogP contribution in [0.1, 0.15) is 17.0 Å². The van der Waals surface area contributed by atoms with E-state index in [0.29, 0.717) is 22.2 Å². The largest absolute Gasteiger partial charge is 0.497 e. The molecule has 0 fully saturated rings. The third-order valence-electron chi connectivity index (χ3n) is 3.78. The molecule has 0 saturated heterocycles. The van der Waals surface area contributed by atoms with Crippen LogP contribution in [-0.4, -0.2) is 16.9 Å². The molecule has 1 aromatic heterocycles. The van der Waals surface area contributed by atoms with E-state index in [9.17, 15) is 0 Å². The summed E-state index contributed by atoms with van der Waals surface area (Å²) in [5.41, 5.74) is 3.49. The number of rotatable bonds is 5. The number of methoxy groups -OCH3 is 1. The number of aromatic nitrogens is 2. The highest BCUT2D eigenvalue weighted by molar-refractivity contribution is 6.35. The van der Waals surface area contributed by atoms with Crippen LogP contribution in [0.2, 0.25) is 10.0 Å². The highest BCUT2D eigenvalue weighted by atomic mass is 35.5. The number of benzene rings is 2. The van der Waals surface area contributed by atoms with Gasteiger partial charge in [0.2, 0.25) is 0 Å². The molecule has 1 heterocycles. The lowest BCUT2D eigenvalue weighted by Gasteiger charge is -2.10. The molecule has 4 nitrogen and oxygen atoms in total. The third kappa shape index (κ3) is 3.96. The van der Waals surface area contributed by atoms with Gasteiger partial charge in [-0.2, -0.15) is 10.4 Å². The Morgan fingerprint density at radius 3 is 2.52 bits per heavy atom. The van der Waals surface area contributed by atoms with Gasteiger partial charge >= 0.3 is 0 Å². The molecule has 0 aliphatic carbocycles. The standard InChI is InChI=1S/C19H15Cl2N3O/c1-25-17-5-2-13(3-6-17)10-16-12-15(8-9-22)23-24(16)19-7-4-14(20)11-18(19)21/h2-7,11-12H,8,10H2,1H3. The van der Waals surface area contributed by atoms with E-state index >= 15 is 0 Å². The Morgan fingerprint density at radius 2 is 1.88 bits per heavy atom. The van der Waals surface area contributed by atoms with Gasteiger partial charge in [-0.15, -0.1) is 0 Å². The maximum Gasteiger partial charge on any atom is 0.118 e. The van der Waals surface area contributed by atoms with Gasteiger partial charge in [-0.3, -0.25) is 0 Å². The number of hydrogen-bond acceptors (Lipinski definition) is 3. The van der Waals surface area contributed by atoms with Crippen LogP contribution in [0.25, 0.3) is 5.69 Å². The maximum atomic E-state index is 8.97. The molecule has 0 spiro atoms. The molecule has 3 rings (SSSR count). The third-order valence-corrected chi connectivity index (χ3v) is 4.31. The van der Waals surface area contributed by atoms with Crippen molar-refractivity contribution in [1.82, 2.24) is 9.78 Å². The highest BCUT2D eigenvalue weighted by Crippen LogP contribution is 2.26. The van der Waals surface area contributed by atoms with Crippen LogP contribution in [0.5, 0.6) is 5.75 Å². The van der Waals surface area contributed by atoms with Crippen molar-refractivity contribution in [3.8, 4) is 17.5 Å². The summed E-state index contributed by atoms with van der Waals surface area (Å²) in [5, 5.41) is 14.6. The summed E-state index contributed by atoms with van der Waals surface area (Å²) in [6, 6.07) is 17.2. The summed E-state index contributed by atoms with van der Waals surface area (Å²) >= 11 is 12.3. The molecule has 0 aliphatic rings. The molecular formula is C19H15Cl2N3O. The van der Waals surface area contributed by atoms with E-state index < -0.39 is 0 Å². The van der Waals surface area contributed by atoms with Crippen molar-refractivity contribution in [3.63, 3.8) is 0 Å². The van der Waals surface area contributed by atoms with E-state index in [4.69, 9.17) is 33.2 Å². The quantitative estimate of drug-likeness (QED) is 0.644. The summed E-state index contributed by atoms with van der Waals surface area (Å²) < 4.78 is 6.97. The summed E-state index contributed by atoms with van der Waals surface area (Å²) in [7, 11) is 1.64. The van der Waals surface area contributed by atoms with Crippen molar-refractivity contribution < 1.29 is 4.74 Å². The van der Waals surface area contributed by atoms with Gasteiger partial charge in [0.05, 0.1) is 36.0 Å². The van der Waals surface area contributed by atoms with Gasteiger partial charge in [0, 0.05) is 17.1 Å². The van der Waals surface area contributed by atoms with Crippen LogP contribution in [0.3, 0.4) is 0 Å². The van der Waals surface area contributed by atoms with Crippen molar-refractivity contribution in [2.24, 2.45) is 0 Å². The topological polar surface area (TPSA) is 50.8 Å². The van der Waals surface area contributed by atoms with Crippen molar-refractivity contribution >= 4 is 23.2 Å². The van der Waals surface area contributed by atoms with Crippen LogP contribution in [0, 0.1) is 11.3 Å². The van der Waals surface area contributed by atoms with Gasteiger partial charge < -0.3 is 4.74 Å². The van der Waals surface area contributed by atoms with Crippen molar-refractivity contribution in [2.75, 3.05) is 7.11 Å². The zero-order valence-corrected chi connectivity index (χ0v) is 15.1. The second kappa shape index (κ2) is 7.60. The molecule has 0 radical (unpaired) electrons. The maximum absolute atomic E-state index is 8.97. The number of halogens is 2. The smallest absolute Gasteiger partial charge is 0.118 e. The molecule has 0 aliphatic heterocycles. The first kappa shape index (κ1) is 17.3. The summed E-state index contributed by atoms with van der Waals surface area (Å²) in [5.74, 6) is 0.808. The predicted molar refractivity (Wildman–Crippen MR) is 98.7 cm³/mol. The molecule has 0 N–H and O–H groups in total. The lowest BCUT2D eigenvalue weighted by molar-refractivity contribution is 0.414. The minimum atomic E-state index is 0.244. The van der Waals surface area contributed by atoms with Crippen LogP contribution >= 0.6 is 23.2 Å².